The monoisotopic (exact) mass is 747 g/mol. The average Bonchev–Trinajstić information content (AvgIpc) is 3.05. The average molecular weight is 748 g/mol. The summed E-state index contributed by atoms with van der Waals surface area (Å²) in [4.78, 5) is 69.7. The van der Waals surface area contributed by atoms with E-state index in [1.165, 1.54) is 0 Å². The van der Waals surface area contributed by atoms with Crippen LogP contribution in [0.2, 0.25) is 0 Å². The van der Waals surface area contributed by atoms with E-state index in [0.29, 0.717) is 77.0 Å². The van der Waals surface area contributed by atoms with Gasteiger partial charge in [0, 0.05) is 23.9 Å². The molecule has 0 fully saturated rings. The molecule has 1 radical (unpaired) electrons. The quantitative estimate of drug-likeness (QED) is 0.123. The number of Topliss-reactive ketones (excluding diaryl/α,β-unsaturated/α-hetero) is 3. The molecular weight excluding hydrogens is 676 g/mol. The van der Waals surface area contributed by atoms with Crippen LogP contribution < -0.4 is 15.3 Å². The van der Waals surface area contributed by atoms with Gasteiger partial charge in [-0.2, -0.15) is 0 Å². The maximum Gasteiger partial charge on any atom is 3.00 e. The summed E-state index contributed by atoms with van der Waals surface area (Å²) in [6.45, 7) is 25.3. The number of hydrogen-bond acceptors (Lipinski definition) is 10. The summed E-state index contributed by atoms with van der Waals surface area (Å²) in [7, 11) is 0. The first-order valence-electron chi connectivity index (χ1n) is 18.7. The van der Waals surface area contributed by atoms with Gasteiger partial charge in [0.1, 0.15) is 17.3 Å². The van der Waals surface area contributed by atoms with Gasteiger partial charge in [-0.1, -0.05) is 83.1 Å². The Hall–Kier alpha value is -1.91. The third-order valence-electron chi connectivity index (χ3n) is 10.3. The van der Waals surface area contributed by atoms with Crippen molar-refractivity contribution in [3.8, 4) is 0 Å². The summed E-state index contributed by atoms with van der Waals surface area (Å²) in [5.41, 5.74) is -3.80. The minimum atomic E-state index is -1.27. The van der Waals surface area contributed by atoms with E-state index in [2.05, 4.69) is 0 Å². The molecule has 0 bridgehead atoms. The summed E-state index contributed by atoms with van der Waals surface area (Å²) in [6.07, 6.45) is 5.95. The van der Waals surface area contributed by atoms with Crippen molar-refractivity contribution in [3.63, 3.8) is 0 Å². The zero-order chi connectivity index (χ0) is 39.8. The first kappa shape index (κ1) is 57.4. The zero-order valence-corrected chi connectivity index (χ0v) is 35.5. The van der Waals surface area contributed by atoms with E-state index in [-0.39, 0.29) is 62.9 Å². The van der Waals surface area contributed by atoms with Crippen LogP contribution in [0.15, 0.2) is 0 Å². The second-order valence-electron chi connectivity index (χ2n) is 13.0. The van der Waals surface area contributed by atoms with Crippen LogP contribution in [0.5, 0.6) is 0 Å². The van der Waals surface area contributed by atoms with Gasteiger partial charge in [-0.3, -0.25) is 14.4 Å². The fourth-order valence-corrected chi connectivity index (χ4v) is 6.11. The fourth-order valence-electron chi connectivity index (χ4n) is 6.11. The van der Waals surface area contributed by atoms with Crippen molar-refractivity contribution in [2.75, 3.05) is 0 Å². The van der Waals surface area contributed by atoms with Crippen LogP contribution in [-0.4, -0.2) is 46.5 Å². The molecule has 0 aromatic carbocycles. The van der Waals surface area contributed by atoms with E-state index in [0.717, 1.165) is 0 Å². The number of aliphatic hydroxyl groups excluding tert-OH is 1. The SMILES string of the molecule is CC(C)O.CCC(CC)C(=O)C(CC)(CC)C(=O)[O-].CCC(CC)C(=O)C(CC)(CC)C(=O)[O-].CCC(CC)C(=O)C(CC)(CC)C(=O)[O-].[Ti+3]. The molecule has 0 aliphatic heterocycles. The predicted molar refractivity (Wildman–Crippen MR) is 189 cm³/mol. The Morgan fingerprint density at radius 3 is 0.600 bits per heavy atom. The molecule has 0 aliphatic rings. The Kier molecular flexibility index (Phi) is 34.1. The minimum absolute atomic E-state index is 0. The fraction of sp³-hybridized carbons (Fsp3) is 0.846. The predicted octanol–water partition coefficient (Wildman–Crippen LogP) is 5.03. The van der Waals surface area contributed by atoms with Gasteiger partial charge in [-0.25, -0.2) is 0 Å². The van der Waals surface area contributed by atoms with Crippen molar-refractivity contribution in [2.45, 2.75) is 180 Å². The smallest absolute Gasteiger partial charge is 0.549 e. The summed E-state index contributed by atoms with van der Waals surface area (Å²) in [5, 5.41) is 41.4. The number of carbonyl (C=O) groups excluding carboxylic acids is 6. The Morgan fingerprint density at radius 1 is 0.420 bits per heavy atom. The molecule has 0 spiro atoms. The summed E-state index contributed by atoms with van der Waals surface area (Å²) >= 11 is 0. The van der Waals surface area contributed by atoms with Crippen LogP contribution in [0.3, 0.4) is 0 Å². The van der Waals surface area contributed by atoms with E-state index >= 15 is 0 Å². The van der Waals surface area contributed by atoms with Gasteiger partial charge >= 0.3 is 21.7 Å². The Balaban J connectivity index is -0.000000190. The van der Waals surface area contributed by atoms with Crippen LogP contribution in [0, 0.1) is 34.0 Å². The zero-order valence-electron chi connectivity index (χ0n) is 33.9. The standard InChI is InChI=1S/3C12H22O3.C3H8O.Ti/c3*1-5-9(6-2)10(13)12(7-3,8-4)11(14)15;1-3(2)4;/h3*9H,5-8H2,1-4H3,(H,14,15);3-4H,1-2H3;/q;;;;+3/p-3. The normalized spacial score (nSPS) is 11.3. The molecule has 0 amide bonds. The molecule has 50 heavy (non-hydrogen) atoms. The molecule has 0 saturated carbocycles. The topological polar surface area (TPSA) is 192 Å². The molecule has 0 unspecified atom stereocenters. The van der Waals surface area contributed by atoms with Crippen LogP contribution in [0.1, 0.15) is 174 Å². The number of hydrogen-bond donors (Lipinski definition) is 1. The summed E-state index contributed by atoms with van der Waals surface area (Å²) in [6, 6.07) is 0. The van der Waals surface area contributed by atoms with Gasteiger partial charge in [0.2, 0.25) is 0 Å². The van der Waals surface area contributed by atoms with E-state index in [1.807, 2.05) is 41.5 Å². The number of carboxylic acids is 3. The molecule has 0 aliphatic carbocycles. The number of ketones is 3. The first-order valence-corrected chi connectivity index (χ1v) is 18.7. The maximum absolute atomic E-state index is 12.1. The van der Waals surface area contributed by atoms with Gasteiger partial charge in [0.25, 0.3) is 0 Å². The number of carbonyl (C=O) groups is 6. The number of aliphatic hydroxyl groups is 1. The van der Waals surface area contributed by atoms with E-state index in [9.17, 15) is 44.1 Å². The van der Waals surface area contributed by atoms with Gasteiger partial charge in [0.05, 0.1) is 34.2 Å². The second-order valence-corrected chi connectivity index (χ2v) is 13.0. The van der Waals surface area contributed by atoms with Crippen LogP contribution >= 0.6 is 0 Å². The molecule has 0 heterocycles. The van der Waals surface area contributed by atoms with Crippen molar-refractivity contribution in [1.29, 1.82) is 0 Å². The largest absolute Gasteiger partial charge is 3.00 e. The molecule has 0 aromatic rings. The van der Waals surface area contributed by atoms with E-state index in [4.69, 9.17) is 5.11 Å². The Labute approximate surface area is 319 Å². The molecule has 0 rings (SSSR count). The van der Waals surface area contributed by atoms with E-state index < -0.39 is 34.2 Å². The van der Waals surface area contributed by atoms with Crippen molar-refractivity contribution in [3.05, 3.63) is 0 Å². The third kappa shape index (κ3) is 16.2. The van der Waals surface area contributed by atoms with Crippen LogP contribution in [-0.2, 0) is 50.5 Å². The Morgan fingerprint density at radius 2 is 0.540 bits per heavy atom. The molecular formula is C39H71O10Ti. The van der Waals surface area contributed by atoms with Gasteiger partial charge in [-0.05, 0) is 90.9 Å². The molecule has 1 N–H and O–H groups in total. The minimum Gasteiger partial charge on any atom is -0.549 e. The summed E-state index contributed by atoms with van der Waals surface area (Å²) < 4.78 is 0. The third-order valence-corrected chi connectivity index (χ3v) is 10.3. The molecule has 0 aromatic heterocycles. The molecule has 0 saturated heterocycles. The second kappa shape index (κ2) is 29.6. The van der Waals surface area contributed by atoms with Gasteiger partial charge < -0.3 is 34.8 Å². The first-order chi connectivity index (χ1) is 22.7. The van der Waals surface area contributed by atoms with E-state index in [1.54, 1.807) is 55.4 Å². The van der Waals surface area contributed by atoms with Crippen molar-refractivity contribution in [1.82, 2.24) is 0 Å². The molecule has 11 heteroatoms. The maximum atomic E-state index is 12.1. The number of carboxylic acid groups (broad SMARTS) is 3. The van der Waals surface area contributed by atoms with Crippen molar-refractivity contribution in [2.24, 2.45) is 34.0 Å². The molecule has 10 nitrogen and oxygen atoms in total. The number of rotatable bonds is 21. The number of aliphatic carboxylic acids is 3. The van der Waals surface area contributed by atoms with Crippen molar-refractivity contribution >= 4 is 35.3 Å². The van der Waals surface area contributed by atoms with Gasteiger partial charge in [0.15, 0.2) is 0 Å². The molecule has 0 atom stereocenters. The van der Waals surface area contributed by atoms with Crippen LogP contribution in [0.25, 0.3) is 0 Å². The van der Waals surface area contributed by atoms with Crippen molar-refractivity contribution < 1.29 is 70.9 Å². The Bertz CT molecular complexity index is 846. The molecule has 291 valence electrons. The van der Waals surface area contributed by atoms with Gasteiger partial charge in [-0.15, -0.1) is 0 Å². The summed E-state index contributed by atoms with van der Waals surface area (Å²) in [5.74, 6) is -4.57. The van der Waals surface area contributed by atoms with Crippen LogP contribution in [0.4, 0.5) is 0 Å².